The lowest BCUT2D eigenvalue weighted by molar-refractivity contribution is 0.104. The van der Waals surface area contributed by atoms with E-state index in [2.05, 4.69) is 11.8 Å². The molecular weight excluding hydrogens is 366 g/mol. The van der Waals surface area contributed by atoms with Gasteiger partial charge < -0.3 is 14.2 Å². The van der Waals surface area contributed by atoms with Gasteiger partial charge in [0, 0.05) is 34.9 Å². The molecule has 5 heteroatoms. The van der Waals surface area contributed by atoms with E-state index in [1.54, 1.807) is 0 Å². The third-order valence-electron chi connectivity index (χ3n) is 5.48. The number of likely N-dealkylation sites (tertiary alicyclic amines) is 1. The first-order chi connectivity index (χ1) is 14.2. The van der Waals surface area contributed by atoms with Gasteiger partial charge in [-0.2, -0.15) is 0 Å². The minimum Gasteiger partial charge on any atom is -0.494 e. The largest absolute Gasteiger partial charge is 0.494 e. The molecule has 0 amide bonds. The maximum absolute atomic E-state index is 13.1. The monoisotopic (exact) mass is 395 g/mol. The summed E-state index contributed by atoms with van der Waals surface area (Å²) in [5, 5.41) is 0. The molecule has 29 heavy (non-hydrogen) atoms. The Hall–Kier alpha value is -2.53. The van der Waals surface area contributed by atoms with Crippen molar-refractivity contribution < 1.29 is 19.0 Å². The van der Waals surface area contributed by atoms with Gasteiger partial charge in [-0.1, -0.05) is 19.1 Å². The fraction of sp³-hybridized carbons (Fsp3) is 0.458. The average molecular weight is 395 g/mol. The molecule has 1 saturated heterocycles. The van der Waals surface area contributed by atoms with Crippen molar-refractivity contribution >= 4 is 5.78 Å². The molecule has 154 valence electrons. The Labute approximate surface area is 172 Å². The summed E-state index contributed by atoms with van der Waals surface area (Å²) in [7, 11) is 0. The van der Waals surface area contributed by atoms with Crippen LogP contribution < -0.4 is 14.2 Å². The second kappa shape index (κ2) is 8.87. The van der Waals surface area contributed by atoms with Crippen LogP contribution >= 0.6 is 0 Å². The fourth-order valence-corrected chi connectivity index (χ4v) is 4.14. The molecule has 2 aromatic rings. The van der Waals surface area contributed by atoms with Crippen molar-refractivity contribution in [2.24, 2.45) is 0 Å². The Balaban J connectivity index is 1.68. The van der Waals surface area contributed by atoms with Crippen molar-refractivity contribution in [1.29, 1.82) is 0 Å². The first kappa shape index (κ1) is 19.8. The van der Waals surface area contributed by atoms with Gasteiger partial charge in [0.1, 0.15) is 23.9 Å². The summed E-state index contributed by atoms with van der Waals surface area (Å²) in [6, 6.07) is 9.43. The summed E-state index contributed by atoms with van der Waals surface area (Å²) in [5.41, 5.74) is 2.99. The normalized spacial score (nSPS) is 15.3. The maximum atomic E-state index is 13.1. The second-order valence-electron chi connectivity index (χ2n) is 7.53. The molecule has 1 fully saturated rings. The predicted octanol–water partition coefficient (Wildman–Crippen LogP) is 4.56. The van der Waals surface area contributed by atoms with Gasteiger partial charge in [-0.05, 0) is 51.4 Å². The predicted molar refractivity (Wildman–Crippen MR) is 113 cm³/mol. The van der Waals surface area contributed by atoms with Crippen molar-refractivity contribution in [1.82, 2.24) is 4.90 Å². The zero-order valence-electron chi connectivity index (χ0n) is 17.3. The van der Waals surface area contributed by atoms with E-state index >= 15 is 0 Å². The molecule has 0 aromatic heterocycles. The van der Waals surface area contributed by atoms with Crippen LogP contribution in [0, 0.1) is 0 Å². The summed E-state index contributed by atoms with van der Waals surface area (Å²) < 4.78 is 17.9. The van der Waals surface area contributed by atoms with Crippen molar-refractivity contribution in [2.45, 2.75) is 33.1 Å². The number of rotatable bonds is 9. The Bertz CT molecular complexity index is 887. The van der Waals surface area contributed by atoms with Crippen molar-refractivity contribution in [2.75, 3.05) is 39.5 Å². The highest BCUT2D eigenvalue weighted by atomic mass is 16.5. The van der Waals surface area contributed by atoms with Gasteiger partial charge in [0.2, 0.25) is 0 Å². The number of hydrogen-bond acceptors (Lipinski definition) is 5. The Morgan fingerprint density at radius 2 is 1.66 bits per heavy atom. The molecule has 0 spiro atoms. The zero-order valence-corrected chi connectivity index (χ0v) is 17.3. The summed E-state index contributed by atoms with van der Waals surface area (Å²) in [6.45, 7) is 8.94. The Kier molecular flexibility index (Phi) is 6.05. The van der Waals surface area contributed by atoms with Crippen LogP contribution in [0.15, 0.2) is 30.3 Å². The highest BCUT2D eigenvalue weighted by molar-refractivity contribution is 6.23. The van der Waals surface area contributed by atoms with Crippen molar-refractivity contribution in [3.8, 4) is 28.4 Å². The molecule has 1 aliphatic heterocycles. The molecule has 0 N–H and O–H groups in total. The van der Waals surface area contributed by atoms with Gasteiger partial charge >= 0.3 is 0 Å². The molecule has 0 saturated carbocycles. The Morgan fingerprint density at radius 3 is 2.41 bits per heavy atom. The van der Waals surface area contributed by atoms with Gasteiger partial charge in [-0.25, -0.2) is 0 Å². The van der Waals surface area contributed by atoms with E-state index in [0.717, 1.165) is 42.9 Å². The minimum absolute atomic E-state index is 0.00268. The number of nitrogens with zero attached hydrogens (tertiary/aromatic N) is 1. The lowest BCUT2D eigenvalue weighted by Crippen LogP contribution is -2.25. The van der Waals surface area contributed by atoms with Gasteiger partial charge in [-0.3, -0.25) is 9.69 Å². The molecule has 1 aliphatic carbocycles. The molecule has 0 bridgehead atoms. The molecule has 0 unspecified atom stereocenters. The Morgan fingerprint density at radius 1 is 0.897 bits per heavy atom. The molecule has 0 radical (unpaired) electrons. The average Bonchev–Trinajstić information content (AvgIpc) is 3.34. The molecule has 1 heterocycles. The second-order valence-corrected chi connectivity index (χ2v) is 7.53. The minimum atomic E-state index is 0.00268. The number of ketones is 1. The van der Waals surface area contributed by atoms with E-state index in [1.165, 1.54) is 12.8 Å². The molecule has 2 aromatic carbocycles. The van der Waals surface area contributed by atoms with Gasteiger partial charge in [0.15, 0.2) is 5.78 Å². The first-order valence-electron chi connectivity index (χ1n) is 10.7. The van der Waals surface area contributed by atoms with E-state index < -0.39 is 0 Å². The van der Waals surface area contributed by atoms with Crippen molar-refractivity contribution in [3.05, 3.63) is 41.5 Å². The fourth-order valence-electron chi connectivity index (χ4n) is 4.14. The van der Waals surface area contributed by atoms with E-state index in [1.807, 2.05) is 37.3 Å². The number of carbonyl (C=O) groups is 1. The number of hydrogen-bond donors (Lipinski definition) is 0. The molecule has 5 nitrogen and oxygen atoms in total. The smallest absolute Gasteiger partial charge is 0.194 e. The highest BCUT2D eigenvalue weighted by Crippen LogP contribution is 2.49. The number of fused-ring (bicyclic) bond motifs is 3. The van der Waals surface area contributed by atoms with Crippen LogP contribution in [0.25, 0.3) is 11.1 Å². The van der Waals surface area contributed by atoms with Crippen LogP contribution in [0.5, 0.6) is 17.2 Å². The number of benzene rings is 2. The third-order valence-corrected chi connectivity index (χ3v) is 5.48. The van der Waals surface area contributed by atoms with Gasteiger partial charge in [0.25, 0.3) is 0 Å². The lowest BCUT2D eigenvalue weighted by atomic mass is 10.0. The van der Waals surface area contributed by atoms with E-state index in [-0.39, 0.29) is 5.78 Å². The summed E-state index contributed by atoms with van der Waals surface area (Å²) in [6.07, 6.45) is 3.42. The standard InChI is InChI=1S/C24H29NO4/c1-3-13-28-21-16-17(27-4-2)15-19-23(21)22-18(24(19)26)8-7-9-20(22)29-14-12-25-10-5-6-11-25/h7-9,15-16H,3-6,10-14H2,1-2H3. The van der Waals surface area contributed by atoms with E-state index in [4.69, 9.17) is 14.2 Å². The van der Waals surface area contributed by atoms with E-state index in [9.17, 15) is 4.79 Å². The molecule has 4 rings (SSSR count). The van der Waals surface area contributed by atoms with Crippen LogP contribution in [0.4, 0.5) is 0 Å². The maximum Gasteiger partial charge on any atom is 0.194 e. The number of ether oxygens (including phenoxy) is 3. The third kappa shape index (κ3) is 3.97. The van der Waals surface area contributed by atoms with Crippen LogP contribution in [-0.2, 0) is 0 Å². The van der Waals surface area contributed by atoms with Gasteiger partial charge in [-0.15, -0.1) is 0 Å². The van der Waals surface area contributed by atoms with Crippen LogP contribution in [0.2, 0.25) is 0 Å². The topological polar surface area (TPSA) is 48.0 Å². The quantitative estimate of drug-likeness (QED) is 0.532. The SMILES string of the molecule is CCCOc1cc(OCC)cc2c1-c1c(OCCN3CCCC3)cccc1C2=O. The van der Waals surface area contributed by atoms with Crippen LogP contribution in [0.3, 0.4) is 0 Å². The highest BCUT2D eigenvalue weighted by Gasteiger charge is 2.33. The number of carbonyl (C=O) groups excluding carboxylic acids is 1. The first-order valence-corrected chi connectivity index (χ1v) is 10.7. The molecule has 2 aliphatic rings. The van der Waals surface area contributed by atoms with Crippen LogP contribution in [-0.4, -0.2) is 50.1 Å². The summed E-state index contributed by atoms with van der Waals surface area (Å²) >= 11 is 0. The summed E-state index contributed by atoms with van der Waals surface area (Å²) in [5.74, 6) is 2.10. The van der Waals surface area contributed by atoms with E-state index in [0.29, 0.717) is 42.4 Å². The molecular formula is C24H29NO4. The molecule has 0 atom stereocenters. The van der Waals surface area contributed by atoms with Gasteiger partial charge in [0.05, 0.1) is 13.2 Å². The van der Waals surface area contributed by atoms with Crippen molar-refractivity contribution in [3.63, 3.8) is 0 Å². The zero-order chi connectivity index (χ0) is 20.2. The lowest BCUT2D eigenvalue weighted by Gasteiger charge is -2.18. The van der Waals surface area contributed by atoms with Crippen LogP contribution in [0.1, 0.15) is 49.0 Å². The summed E-state index contributed by atoms with van der Waals surface area (Å²) in [4.78, 5) is 15.6.